The normalized spacial score (nSPS) is 17.4. The molecule has 1 saturated heterocycles. The van der Waals surface area contributed by atoms with Gasteiger partial charge in [0, 0.05) is 38.4 Å². The maximum Gasteiger partial charge on any atom is 0.399 e. The third-order valence-electron chi connectivity index (χ3n) is 11.1. The highest BCUT2D eigenvalue weighted by atomic mass is 15.3. The Kier molecular flexibility index (Phi) is 6.26. The molecule has 0 radical (unpaired) electrons. The maximum atomic E-state index is 10.4. The highest BCUT2D eigenvalue weighted by Gasteiger charge is 2.52. The number of allylic oxidation sites excluding steroid dienone is 9. The van der Waals surface area contributed by atoms with Crippen LogP contribution in [0.15, 0.2) is 182 Å². The van der Waals surface area contributed by atoms with Gasteiger partial charge in [0.25, 0.3) is 0 Å². The number of benzene rings is 4. The Morgan fingerprint density at radius 1 is 0.500 bits per heavy atom. The van der Waals surface area contributed by atoms with Gasteiger partial charge in [-0.2, -0.15) is 5.26 Å². The molecule has 6 aromatic rings. The van der Waals surface area contributed by atoms with Crippen molar-refractivity contribution in [3.05, 3.63) is 182 Å². The summed E-state index contributed by atoms with van der Waals surface area (Å²) in [5, 5.41) is 15.3. The Hall–Kier alpha value is -6.65. The summed E-state index contributed by atoms with van der Waals surface area (Å²) < 4.78 is 14.2. The summed E-state index contributed by atoms with van der Waals surface area (Å²) in [6, 6.07) is 35.5. The van der Waals surface area contributed by atoms with Crippen LogP contribution in [0.2, 0.25) is 0 Å². The fourth-order valence-corrected chi connectivity index (χ4v) is 8.95. The Morgan fingerprint density at radius 2 is 1.06 bits per heavy atom. The Balaban J connectivity index is 1.10. The SMILES string of the molecule is N#CC1=CC=CN2B3C=C(n4c5ccccc5c5cc(-n6c7ccccc7c7ccccc76)ccc54)C=CN3B3C=CC=CN3B3C=CC=CN3B12. The van der Waals surface area contributed by atoms with E-state index in [4.69, 9.17) is 0 Å². The van der Waals surface area contributed by atoms with E-state index in [1.165, 1.54) is 32.6 Å². The number of fused-ring (bicyclic) bond motifs is 14. The molecule has 0 spiro atoms. The number of rotatable bonds is 2. The second kappa shape index (κ2) is 11.2. The summed E-state index contributed by atoms with van der Waals surface area (Å²) in [5.74, 6) is 6.83. The van der Waals surface area contributed by atoms with Gasteiger partial charge in [-0.25, -0.2) is 0 Å². The Bertz CT molecular complexity index is 2740. The molecule has 7 heterocycles. The average Bonchev–Trinajstić information content (AvgIpc) is 3.72. The lowest BCUT2D eigenvalue weighted by molar-refractivity contribution is 0.620. The van der Waals surface area contributed by atoms with Crippen LogP contribution in [-0.4, -0.2) is 56.0 Å². The number of aromatic nitrogens is 2. The van der Waals surface area contributed by atoms with Gasteiger partial charge in [-0.05, 0) is 91.5 Å². The van der Waals surface area contributed by atoms with E-state index in [9.17, 15) is 5.26 Å². The first-order chi connectivity index (χ1) is 25.8. The number of para-hydroxylation sites is 3. The van der Waals surface area contributed by atoms with Gasteiger partial charge in [0.2, 0.25) is 0 Å². The summed E-state index contributed by atoms with van der Waals surface area (Å²) in [5.41, 5.74) is 7.64. The molecule has 11 heteroatoms. The number of nitrogens with zero attached hydrogens (tertiary/aromatic N) is 7. The fraction of sp³-hybridized carbons (Fsp3) is 0. The molecule has 52 heavy (non-hydrogen) atoms. The topological polar surface area (TPSA) is 46.6 Å². The first-order valence-corrected chi connectivity index (χ1v) is 17.8. The molecule has 0 unspecified atom stereocenters. The summed E-state index contributed by atoms with van der Waals surface area (Å²) >= 11 is 0. The molecule has 0 aliphatic carbocycles. The van der Waals surface area contributed by atoms with Crippen molar-refractivity contribution < 1.29 is 0 Å². The molecule has 0 bridgehead atoms. The van der Waals surface area contributed by atoms with Crippen LogP contribution in [0.1, 0.15) is 0 Å². The number of hydrogen-bond donors (Lipinski definition) is 0. The van der Waals surface area contributed by atoms with E-state index < -0.39 is 0 Å². The highest BCUT2D eigenvalue weighted by molar-refractivity contribution is 6.93. The van der Waals surface area contributed by atoms with Crippen LogP contribution in [0.3, 0.4) is 0 Å². The molecule has 240 valence electrons. The van der Waals surface area contributed by atoms with Crippen LogP contribution in [0, 0.1) is 11.3 Å². The Labute approximate surface area is 303 Å². The summed E-state index contributed by atoms with van der Waals surface area (Å²) in [7, 11) is 0. The van der Waals surface area contributed by atoms with E-state index in [-0.39, 0.29) is 27.9 Å². The van der Waals surface area contributed by atoms with Gasteiger partial charge in [0.1, 0.15) is 0 Å². The summed E-state index contributed by atoms with van der Waals surface area (Å²) in [4.78, 5) is 0. The molecule has 5 aliphatic heterocycles. The molecule has 0 amide bonds. The molecule has 4 aromatic carbocycles. The Morgan fingerprint density at radius 3 is 1.77 bits per heavy atom. The smallest absolute Gasteiger partial charge is 0.399 e. The summed E-state index contributed by atoms with van der Waals surface area (Å²) in [6.07, 6.45) is 23.3. The zero-order chi connectivity index (χ0) is 34.3. The van der Waals surface area contributed by atoms with Crippen LogP contribution in [0.4, 0.5) is 0 Å². The minimum Gasteiger partial charge on any atom is -0.423 e. The van der Waals surface area contributed by atoms with Crippen LogP contribution in [0.5, 0.6) is 0 Å². The summed E-state index contributed by atoms with van der Waals surface area (Å²) in [6.45, 7) is -0.571. The predicted molar refractivity (Wildman–Crippen MR) is 217 cm³/mol. The quantitative estimate of drug-likeness (QED) is 0.178. The zero-order valence-corrected chi connectivity index (χ0v) is 28.2. The van der Waals surface area contributed by atoms with Gasteiger partial charge >= 0.3 is 27.9 Å². The number of hydrogen-bond acceptors (Lipinski definition) is 5. The predicted octanol–water partition coefficient (Wildman–Crippen LogP) is 7.74. The molecule has 2 aromatic heterocycles. The van der Waals surface area contributed by atoms with E-state index in [1.807, 2.05) is 12.2 Å². The molecule has 7 nitrogen and oxygen atoms in total. The zero-order valence-electron chi connectivity index (χ0n) is 28.2. The van der Waals surface area contributed by atoms with Crippen molar-refractivity contribution in [3.8, 4) is 11.8 Å². The molecule has 5 aliphatic rings. The lowest BCUT2D eigenvalue weighted by Gasteiger charge is -2.53. The van der Waals surface area contributed by atoms with Crippen molar-refractivity contribution in [1.29, 1.82) is 5.26 Å². The fourth-order valence-electron chi connectivity index (χ4n) is 8.95. The van der Waals surface area contributed by atoms with E-state index in [1.54, 1.807) is 0 Å². The van der Waals surface area contributed by atoms with E-state index >= 15 is 0 Å². The maximum absolute atomic E-state index is 10.4. The van der Waals surface area contributed by atoms with Gasteiger partial charge in [0.15, 0.2) is 0 Å². The second-order valence-electron chi connectivity index (χ2n) is 13.8. The van der Waals surface area contributed by atoms with Crippen molar-refractivity contribution in [1.82, 2.24) is 28.0 Å². The lowest BCUT2D eigenvalue weighted by Crippen LogP contribution is -2.74. The lowest BCUT2D eigenvalue weighted by atomic mass is 9.40. The monoisotopic (exact) mass is 663 g/mol. The van der Waals surface area contributed by atoms with Crippen LogP contribution in [0.25, 0.3) is 55.0 Å². The van der Waals surface area contributed by atoms with Crippen molar-refractivity contribution in [3.63, 3.8) is 0 Å². The molecule has 0 N–H and O–H groups in total. The highest BCUT2D eigenvalue weighted by Crippen LogP contribution is 2.39. The minimum atomic E-state index is -0.287. The average molecular weight is 663 g/mol. The van der Waals surface area contributed by atoms with Crippen LogP contribution < -0.4 is 0 Å². The molecule has 0 saturated carbocycles. The third-order valence-corrected chi connectivity index (χ3v) is 11.1. The van der Waals surface area contributed by atoms with Crippen molar-refractivity contribution >= 4 is 77.2 Å². The van der Waals surface area contributed by atoms with Gasteiger partial charge < -0.3 is 28.0 Å². The number of nitriles is 1. The van der Waals surface area contributed by atoms with Crippen molar-refractivity contribution in [2.24, 2.45) is 0 Å². The molecule has 11 rings (SSSR count). The largest absolute Gasteiger partial charge is 0.423 e. The molecular weight excluding hydrogens is 634 g/mol. The van der Waals surface area contributed by atoms with Gasteiger partial charge in [-0.3, -0.25) is 0 Å². The van der Waals surface area contributed by atoms with E-state index in [0.717, 1.165) is 22.4 Å². The minimum absolute atomic E-state index is 0.0367. The van der Waals surface area contributed by atoms with E-state index in [0.29, 0.717) is 5.47 Å². The van der Waals surface area contributed by atoms with Gasteiger partial charge in [-0.15, -0.1) is 0 Å². The van der Waals surface area contributed by atoms with Crippen molar-refractivity contribution in [2.75, 3.05) is 0 Å². The second-order valence-corrected chi connectivity index (χ2v) is 13.8. The van der Waals surface area contributed by atoms with Gasteiger partial charge in [-0.1, -0.05) is 84.8 Å². The van der Waals surface area contributed by atoms with Gasteiger partial charge in [0.05, 0.1) is 28.1 Å². The standard InChI is InChI=1S/C41H29B4N7/c46-30-31-12-11-26-50-44-29-33(21-27-48(44)42-22-7-9-24-47(42)43-23-8-10-25-49(43)45(31)50)52-40-18-6-3-15-36(40)37-28-32(19-20-41(37)52)51-38-16-4-1-13-34(38)35-14-2-5-17-39(35)51/h1-29H. The molecule has 1 fully saturated rings. The van der Waals surface area contributed by atoms with E-state index in [2.05, 4.69) is 198 Å². The first kappa shape index (κ1) is 29.1. The van der Waals surface area contributed by atoms with Crippen LogP contribution in [-0.2, 0) is 0 Å². The molecule has 0 atom stereocenters. The van der Waals surface area contributed by atoms with Crippen LogP contribution >= 0.6 is 0 Å². The third kappa shape index (κ3) is 4.06. The molecular formula is C41H29B4N7. The first-order valence-electron chi connectivity index (χ1n) is 17.8. The van der Waals surface area contributed by atoms with Crippen molar-refractivity contribution in [2.45, 2.75) is 0 Å².